The molecule has 0 heterocycles. The zero-order valence-corrected chi connectivity index (χ0v) is 13.7. The van der Waals surface area contributed by atoms with Crippen LogP contribution in [0.15, 0.2) is 48.3 Å². The average Bonchev–Trinajstić information content (AvgIpc) is 2.78. The van der Waals surface area contributed by atoms with Crippen molar-refractivity contribution in [3.05, 3.63) is 75.6 Å². The molecule has 0 saturated carbocycles. The SMILES string of the molecule is CCOC(=O)c1ccccc1C1C(F)=C(C)c2ccc(Cl)cc21. The van der Waals surface area contributed by atoms with Crippen LogP contribution in [0.25, 0.3) is 5.57 Å². The normalized spacial score (nSPS) is 16.4. The molecule has 1 atom stereocenters. The molecule has 23 heavy (non-hydrogen) atoms. The van der Waals surface area contributed by atoms with Crippen LogP contribution in [0.1, 0.15) is 46.8 Å². The number of carbonyl (C=O) groups is 1. The van der Waals surface area contributed by atoms with E-state index in [9.17, 15) is 9.18 Å². The number of ether oxygens (including phenoxy) is 1. The third-order valence-electron chi connectivity index (χ3n) is 4.11. The number of rotatable bonds is 3. The minimum atomic E-state index is -0.621. The molecule has 2 aromatic carbocycles. The summed E-state index contributed by atoms with van der Waals surface area (Å²) >= 11 is 6.09. The standard InChI is InChI=1S/C19H16ClFO2/c1-3-23-19(22)15-7-5-4-6-14(15)17-16-10-12(20)8-9-13(16)11(2)18(17)21/h4-10,17H,3H2,1-2H3. The van der Waals surface area contributed by atoms with Gasteiger partial charge in [0.1, 0.15) is 5.83 Å². The largest absolute Gasteiger partial charge is 0.462 e. The Labute approximate surface area is 139 Å². The van der Waals surface area contributed by atoms with Crippen molar-refractivity contribution in [2.75, 3.05) is 6.61 Å². The van der Waals surface area contributed by atoms with Gasteiger partial charge in [-0.3, -0.25) is 0 Å². The quantitative estimate of drug-likeness (QED) is 0.708. The number of carbonyl (C=O) groups excluding carboxylic acids is 1. The van der Waals surface area contributed by atoms with Gasteiger partial charge in [-0.25, -0.2) is 9.18 Å². The number of halogens is 2. The minimum Gasteiger partial charge on any atom is -0.462 e. The van der Waals surface area contributed by atoms with Gasteiger partial charge in [-0.1, -0.05) is 35.9 Å². The fourth-order valence-corrected chi connectivity index (χ4v) is 3.22. The Kier molecular flexibility index (Phi) is 4.22. The maximum atomic E-state index is 14.9. The maximum Gasteiger partial charge on any atom is 0.338 e. The van der Waals surface area contributed by atoms with Gasteiger partial charge in [-0.05, 0) is 54.3 Å². The Morgan fingerprint density at radius 1 is 1.22 bits per heavy atom. The number of hydrogen-bond donors (Lipinski definition) is 0. The zero-order valence-electron chi connectivity index (χ0n) is 12.9. The summed E-state index contributed by atoms with van der Waals surface area (Å²) in [5.74, 6) is -1.31. The molecule has 0 aromatic heterocycles. The molecular weight excluding hydrogens is 315 g/mol. The summed E-state index contributed by atoms with van der Waals surface area (Å²) in [6.07, 6.45) is 0. The van der Waals surface area contributed by atoms with Gasteiger partial charge < -0.3 is 4.74 Å². The molecule has 0 fully saturated rings. The molecule has 0 aliphatic heterocycles. The molecule has 1 unspecified atom stereocenters. The summed E-state index contributed by atoms with van der Waals surface area (Å²) in [5, 5.41) is 0.546. The minimum absolute atomic E-state index is 0.251. The summed E-state index contributed by atoms with van der Waals surface area (Å²) in [6, 6.07) is 12.3. The number of fused-ring (bicyclic) bond motifs is 1. The van der Waals surface area contributed by atoms with Crippen LogP contribution < -0.4 is 0 Å². The Morgan fingerprint density at radius 3 is 2.70 bits per heavy atom. The van der Waals surface area contributed by atoms with Crippen LogP contribution >= 0.6 is 11.6 Å². The molecule has 0 spiro atoms. The van der Waals surface area contributed by atoms with Crippen LogP contribution in [0, 0.1) is 0 Å². The van der Waals surface area contributed by atoms with Gasteiger partial charge in [-0.15, -0.1) is 0 Å². The molecule has 1 aliphatic carbocycles. The molecule has 0 amide bonds. The van der Waals surface area contributed by atoms with E-state index >= 15 is 0 Å². The van der Waals surface area contributed by atoms with E-state index in [-0.39, 0.29) is 12.4 Å². The van der Waals surface area contributed by atoms with Crippen molar-refractivity contribution in [1.82, 2.24) is 0 Å². The van der Waals surface area contributed by atoms with Crippen LogP contribution in [0.2, 0.25) is 5.02 Å². The number of hydrogen-bond acceptors (Lipinski definition) is 2. The molecule has 2 aromatic rings. The second kappa shape index (κ2) is 6.17. The lowest BCUT2D eigenvalue weighted by atomic mass is 9.89. The monoisotopic (exact) mass is 330 g/mol. The number of allylic oxidation sites excluding steroid dienone is 2. The fourth-order valence-electron chi connectivity index (χ4n) is 3.04. The lowest BCUT2D eigenvalue weighted by Gasteiger charge is -2.16. The summed E-state index contributed by atoms with van der Waals surface area (Å²) in [5.41, 5.74) is 3.18. The molecule has 118 valence electrons. The van der Waals surface area contributed by atoms with Crippen LogP contribution in [0.4, 0.5) is 4.39 Å². The van der Waals surface area contributed by atoms with E-state index in [0.717, 1.165) is 11.1 Å². The van der Waals surface area contributed by atoms with Gasteiger partial charge in [0.2, 0.25) is 0 Å². The summed E-state index contributed by atoms with van der Waals surface area (Å²) in [7, 11) is 0. The predicted octanol–water partition coefficient (Wildman–Crippen LogP) is 5.36. The molecule has 0 bridgehead atoms. The Bertz CT molecular complexity index is 811. The van der Waals surface area contributed by atoms with Gasteiger partial charge in [0, 0.05) is 5.02 Å². The molecule has 2 nitrogen and oxygen atoms in total. The van der Waals surface area contributed by atoms with Crippen molar-refractivity contribution in [2.24, 2.45) is 0 Å². The average molecular weight is 331 g/mol. The van der Waals surface area contributed by atoms with E-state index in [1.165, 1.54) is 0 Å². The second-order valence-electron chi connectivity index (χ2n) is 5.45. The van der Waals surface area contributed by atoms with E-state index in [4.69, 9.17) is 16.3 Å². The van der Waals surface area contributed by atoms with Crippen LogP contribution in [-0.2, 0) is 4.74 Å². The molecule has 0 N–H and O–H groups in total. The summed E-state index contributed by atoms with van der Waals surface area (Å²) in [4.78, 5) is 12.2. The highest BCUT2D eigenvalue weighted by molar-refractivity contribution is 6.30. The predicted molar refractivity (Wildman–Crippen MR) is 89.4 cm³/mol. The van der Waals surface area contributed by atoms with E-state index < -0.39 is 11.9 Å². The van der Waals surface area contributed by atoms with Crippen molar-refractivity contribution in [1.29, 1.82) is 0 Å². The first-order valence-electron chi connectivity index (χ1n) is 7.46. The fraction of sp³-hybridized carbons (Fsp3) is 0.211. The van der Waals surface area contributed by atoms with Crippen molar-refractivity contribution >= 4 is 23.1 Å². The Balaban J connectivity index is 2.17. The Hall–Kier alpha value is -2.13. The first-order valence-corrected chi connectivity index (χ1v) is 7.84. The molecule has 1 aliphatic rings. The van der Waals surface area contributed by atoms with Crippen molar-refractivity contribution in [3.8, 4) is 0 Å². The van der Waals surface area contributed by atoms with E-state index in [1.54, 1.807) is 50.2 Å². The molecule has 0 radical (unpaired) electrons. The molecule has 0 saturated heterocycles. The van der Waals surface area contributed by atoms with Crippen LogP contribution in [0.5, 0.6) is 0 Å². The second-order valence-corrected chi connectivity index (χ2v) is 5.88. The van der Waals surface area contributed by atoms with Gasteiger partial charge in [-0.2, -0.15) is 0 Å². The van der Waals surface area contributed by atoms with Crippen molar-refractivity contribution < 1.29 is 13.9 Å². The van der Waals surface area contributed by atoms with E-state index in [0.29, 0.717) is 21.7 Å². The van der Waals surface area contributed by atoms with Crippen LogP contribution in [0.3, 0.4) is 0 Å². The lowest BCUT2D eigenvalue weighted by molar-refractivity contribution is 0.0525. The van der Waals surface area contributed by atoms with E-state index in [2.05, 4.69) is 0 Å². The third-order valence-corrected chi connectivity index (χ3v) is 4.34. The summed E-state index contributed by atoms with van der Waals surface area (Å²) < 4.78 is 20.0. The zero-order chi connectivity index (χ0) is 16.6. The van der Waals surface area contributed by atoms with Gasteiger partial charge in [0.25, 0.3) is 0 Å². The number of esters is 1. The van der Waals surface area contributed by atoms with Gasteiger partial charge in [0.15, 0.2) is 0 Å². The smallest absolute Gasteiger partial charge is 0.338 e. The van der Waals surface area contributed by atoms with Crippen LogP contribution in [-0.4, -0.2) is 12.6 Å². The van der Waals surface area contributed by atoms with Gasteiger partial charge in [0.05, 0.1) is 18.1 Å². The highest BCUT2D eigenvalue weighted by atomic mass is 35.5. The maximum absolute atomic E-state index is 14.9. The number of benzene rings is 2. The Morgan fingerprint density at radius 2 is 1.96 bits per heavy atom. The molecular formula is C19H16ClFO2. The lowest BCUT2D eigenvalue weighted by Crippen LogP contribution is -2.11. The molecule has 4 heteroatoms. The van der Waals surface area contributed by atoms with Gasteiger partial charge >= 0.3 is 5.97 Å². The highest BCUT2D eigenvalue weighted by Gasteiger charge is 2.33. The third kappa shape index (κ3) is 2.66. The molecule has 3 rings (SSSR count). The van der Waals surface area contributed by atoms with Crippen molar-refractivity contribution in [2.45, 2.75) is 19.8 Å². The van der Waals surface area contributed by atoms with E-state index in [1.807, 2.05) is 6.07 Å². The highest BCUT2D eigenvalue weighted by Crippen LogP contribution is 2.47. The topological polar surface area (TPSA) is 26.3 Å². The first-order chi connectivity index (χ1) is 11.0. The van der Waals surface area contributed by atoms with Crippen molar-refractivity contribution in [3.63, 3.8) is 0 Å². The first kappa shape index (κ1) is 15.8. The summed E-state index contributed by atoms with van der Waals surface area (Å²) in [6.45, 7) is 3.77.